The molecule has 0 atom stereocenters. The van der Waals surface area contributed by atoms with Crippen LogP contribution in [-0.2, 0) is 10.5 Å². The molecule has 6 heteroatoms. The Bertz CT molecular complexity index is 672. The van der Waals surface area contributed by atoms with E-state index in [-0.39, 0.29) is 0 Å². The monoisotopic (exact) mass is 304 g/mol. The van der Waals surface area contributed by atoms with Crippen molar-refractivity contribution in [3.63, 3.8) is 0 Å². The zero-order valence-corrected chi connectivity index (χ0v) is 12.1. The Kier molecular flexibility index (Phi) is 5.05. The van der Waals surface area contributed by atoms with Gasteiger partial charge in [0.15, 0.2) is 5.16 Å². The van der Waals surface area contributed by atoms with Gasteiger partial charge in [-0.3, -0.25) is 0 Å². The fraction of sp³-hybridized carbons (Fsp3) is 0.133. The minimum atomic E-state index is -1.07. The lowest BCUT2D eigenvalue weighted by atomic mass is 10.1. The van der Waals surface area contributed by atoms with E-state index in [2.05, 4.69) is 9.97 Å². The maximum absolute atomic E-state index is 13.3. The summed E-state index contributed by atoms with van der Waals surface area (Å²) >= 11 is 1.41. The van der Waals surface area contributed by atoms with Crippen LogP contribution in [0.2, 0.25) is 0 Å². The van der Waals surface area contributed by atoms with Gasteiger partial charge in [-0.15, -0.1) is 0 Å². The summed E-state index contributed by atoms with van der Waals surface area (Å²) in [4.78, 5) is 18.9. The third-order valence-corrected chi connectivity index (χ3v) is 3.55. The van der Waals surface area contributed by atoms with Crippen LogP contribution in [0, 0.1) is 12.7 Å². The number of nitrogens with zero attached hydrogens (tertiary/aromatic N) is 2. The van der Waals surface area contributed by atoms with Gasteiger partial charge < -0.3 is 5.11 Å². The largest absolute Gasteiger partial charge is 0.478 e. The molecule has 1 heterocycles. The van der Waals surface area contributed by atoms with Crippen LogP contribution in [0.3, 0.4) is 0 Å². The van der Waals surface area contributed by atoms with Gasteiger partial charge in [0.05, 0.1) is 0 Å². The molecule has 1 N–H and O–H groups in total. The second kappa shape index (κ2) is 6.99. The summed E-state index contributed by atoms with van der Waals surface area (Å²) in [6.07, 6.45) is 5.83. The fourth-order valence-electron chi connectivity index (χ4n) is 1.61. The number of aryl methyl sites for hydroxylation is 1. The van der Waals surface area contributed by atoms with Crippen molar-refractivity contribution in [2.45, 2.75) is 17.8 Å². The molecule has 0 aliphatic heterocycles. The summed E-state index contributed by atoms with van der Waals surface area (Å²) in [6.45, 7) is 1.91. The van der Waals surface area contributed by atoms with Crippen LogP contribution in [0.4, 0.5) is 4.39 Å². The summed E-state index contributed by atoms with van der Waals surface area (Å²) in [5.41, 5.74) is 2.34. The van der Waals surface area contributed by atoms with Gasteiger partial charge in [0.2, 0.25) is 0 Å². The number of thioether (sulfide) groups is 1. The lowest BCUT2D eigenvalue weighted by molar-refractivity contribution is -0.131. The third kappa shape index (κ3) is 4.68. The van der Waals surface area contributed by atoms with Gasteiger partial charge in [-0.1, -0.05) is 17.8 Å². The minimum absolute atomic E-state index is 0.402. The van der Waals surface area contributed by atoms with Crippen molar-refractivity contribution in [1.29, 1.82) is 0 Å². The Morgan fingerprint density at radius 3 is 2.76 bits per heavy atom. The summed E-state index contributed by atoms with van der Waals surface area (Å²) in [5.74, 6) is -0.942. The number of hydrogen-bond donors (Lipinski definition) is 1. The molecule has 0 amide bonds. The Hall–Kier alpha value is -2.21. The summed E-state index contributed by atoms with van der Waals surface area (Å²) in [5, 5.41) is 9.29. The highest BCUT2D eigenvalue weighted by Crippen LogP contribution is 2.23. The third-order valence-electron chi connectivity index (χ3n) is 2.63. The smallest absolute Gasteiger partial charge is 0.328 e. The maximum atomic E-state index is 13.3. The summed E-state index contributed by atoms with van der Waals surface area (Å²) in [7, 11) is 0. The molecule has 0 aliphatic rings. The van der Waals surface area contributed by atoms with Crippen LogP contribution in [-0.4, -0.2) is 21.0 Å². The molecule has 1 aromatic carbocycles. The number of aromatic nitrogens is 2. The first-order chi connectivity index (χ1) is 10.0. The van der Waals surface area contributed by atoms with Gasteiger partial charge in [0, 0.05) is 24.2 Å². The van der Waals surface area contributed by atoms with Crippen molar-refractivity contribution in [3.8, 4) is 0 Å². The van der Waals surface area contributed by atoms with E-state index in [4.69, 9.17) is 5.11 Å². The Balaban J connectivity index is 2.15. The average molecular weight is 304 g/mol. The first kappa shape index (κ1) is 15.2. The second-order valence-corrected chi connectivity index (χ2v) is 5.29. The second-order valence-electron chi connectivity index (χ2n) is 4.35. The Morgan fingerprint density at radius 1 is 1.38 bits per heavy atom. The molecule has 4 nitrogen and oxygen atoms in total. The molecule has 108 valence electrons. The number of rotatable bonds is 5. The summed E-state index contributed by atoms with van der Waals surface area (Å²) in [6, 6.07) is 4.30. The van der Waals surface area contributed by atoms with Crippen LogP contribution in [0.5, 0.6) is 0 Å². The van der Waals surface area contributed by atoms with E-state index < -0.39 is 11.8 Å². The highest BCUT2D eigenvalue weighted by atomic mass is 32.2. The van der Waals surface area contributed by atoms with E-state index in [9.17, 15) is 9.18 Å². The van der Waals surface area contributed by atoms with E-state index in [0.29, 0.717) is 16.5 Å². The van der Waals surface area contributed by atoms with Crippen molar-refractivity contribution < 1.29 is 14.3 Å². The topological polar surface area (TPSA) is 63.1 Å². The SMILES string of the molecule is Cc1cnc(SCc2ccc(F)cc2C=CC(=O)O)nc1. The molecule has 0 unspecified atom stereocenters. The molecule has 2 rings (SSSR count). The summed E-state index contributed by atoms with van der Waals surface area (Å²) < 4.78 is 13.3. The van der Waals surface area contributed by atoms with Crippen LogP contribution in [0.25, 0.3) is 6.08 Å². The van der Waals surface area contributed by atoms with Crippen molar-refractivity contribution in [2.24, 2.45) is 0 Å². The fourth-order valence-corrected chi connectivity index (χ4v) is 2.41. The maximum Gasteiger partial charge on any atom is 0.328 e. The molecule has 0 fully saturated rings. The quantitative estimate of drug-likeness (QED) is 0.521. The Labute approximate surface area is 125 Å². The van der Waals surface area contributed by atoms with E-state index in [1.165, 1.54) is 30.0 Å². The molecule has 0 spiro atoms. The zero-order chi connectivity index (χ0) is 15.2. The molecule has 21 heavy (non-hydrogen) atoms. The van der Waals surface area contributed by atoms with Gasteiger partial charge >= 0.3 is 5.97 Å². The van der Waals surface area contributed by atoms with Gasteiger partial charge in [0.1, 0.15) is 5.82 Å². The predicted octanol–water partition coefficient (Wildman–Crippen LogP) is 3.31. The van der Waals surface area contributed by atoms with E-state index in [0.717, 1.165) is 17.2 Å². The van der Waals surface area contributed by atoms with Crippen LogP contribution in [0.1, 0.15) is 16.7 Å². The van der Waals surface area contributed by atoms with Gasteiger partial charge in [-0.05, 0) is 41.8 Å². The van der Waals surface area contributed by atoms with Crippen molar-refractivity contribution in [2.75, 3.05) is 0 Å². The van der Waals surface area contributed by atoms with Crippen LogP contribution in [0.15, 0.2) is 41.8 Å². The number of hydrogen-bond acceptors (Lipinski definition) is 4. The number of aliphatic carboxylic acids is 1. The van der Waals surface area contributed by atoms with Crippen LogP contribution >= 0.6 is 11.8 Å². The minimum Gasteiger partial charge on any atom is -0.478 e. The lowest BCUT2D eigenvalue weighted by Crippen LogP contribution is -1.92. The molecule has 2 aromatic rings. The zero-order valence-electron chi connectivity index (χ0n) is 11.3. The first-order valence-electron chi connectivity index (χ1n) is 6.15. The van der Waals surface area contributed by atoms with Crippen molar-refractivity contribution in [3.05, 3.63) is 59.2 Å². The molecule has 0 radical (unpaired) electrons. The number of halogens is 1. The number of carbonyl (C=O) groups is 1. The molecule has 0 aliphatic carbocycles. The van der Waals surface area contributed by atoms with Crippen molar-refractivity contribution >= 4 is 23.8 Å². The highest BCUT2D eigenvalue weighted by Gasteiger charge is 2.05. The highest BCUT2D eigenvalue weighted by molar-refractivity contribution is 7.98. The van der Waals surface area contributed by atoms with E-state index >= 15 is 0 Å². The number of carboxylic acids is 1. The van der Waals surface area contributed by atoms with E-state index in [1.54, 1.807) is 18.5 Å². The number of carboxylic acid groups (broad SMARTS) is 1. The van der Waals surface area contributed by atoms with Gasteiger partial charge in [-0.25, -0.2) is 19.2 Å². The van der Waals surface area contributed by atoms with Gasteiger partial charge in [0.25, 0.3) is 0 Å². The molecule has 0 saturated heterocycles. The molecule has 1 aromatic heterocycles. The predicted molar refractivity (Wildman–Crippen MR) is 79.4 cm³/mol. The standard InChI is InChI=1S/C15H13FN2O2S/c1-10-7-17-15(18-8-10)21-9-12-2-4-13(16)6-11(12)3-5-14(19)20/h2-8H,9H2,1H3,(H,19,20). The normalized spacial score (nSPS) is 11.0. The first-order valence-corrected chi connectivity index (χ1v) is 7.14. The van der Waals surface area contributed by atoms with Crippen molar-refractivity contribution in [1.82, 2.24) is 9.97 Å². The molecular weight excluding hydrogens is 291 g/mol. The average Bonchev–Trinajstić information content (AvgIpc) is 2.45. The lowest BCUT2D eigenvalue weighted by Gasteiger charge is -2.05. The van der Waals surface area contributed by atoms with E-state index in [1.807, 2.05) is 6.92 Å². The molecule has 0 bridgehead atoms. The van der Waals surface area contributed by atoms with Gasteiger partial charge in [-0.2, -0.15) is 0 Å². The molecular formula is C15H13FN2O2S. The number of benzene rings is 1. The molecule has 0 saturated carbocycles. The Morgan fingerprint density at radius 2 is 2.10 bits per heavy atom. The van der Waals surface area contributed by atoms with Crippen LogP contribution < -0.4 is 0 Å².